The van der Waals surface area contributed by atoms with Crippen molar-refractivity contribution in [2.75, 3.05) is 5.32 Å². The molecule has 0 bridgehead atoms. The summed E-state index contributed by atoms with van der Waals surface area (Å²) in [6.07, 6.45) is 1.39. The van der Waals surface area contributed by atoms with Crippen LogP contribution in [-0.2, 0) is 0 Å². The summed E-state index contributed by atoms with van der Waals surface area (Å²) in [4.78, 5) is 25.8. The van der Waals surface area contributed by atoms with Crippen LogP contribution in [0.5, 0.6) is 0 Å². The Balaban J connectivity index is 2.28. The van der Waals surface area contributed by atoms with Crippen LogP contribution in [0.15, 0.2) is 24.4 Å². The third kappa shape index (κ3) is 2.54. The lowest BCUT2D eigenvalue weighted by molar-refractivity contribution is 0.0697. The third-order valence-electron chi connectivity index (χ3n) is 2.97. The summed E-state index contributed by atoms with van der Waals surface area (Å²) in [6, 6.07) is 4.09. The minimum atomic E-state index is -1.14. The topological polar surface area (TPSA) is 82.2 Å². The van der Waals surface area contributed by atoms with Crippen molar-refractivity contribution in [3.63, 3.8) is 0 Å². The normalized spacial score (nSPS) is 10.3. The number of aryl methyl sites for hydroxylation is 2. The van der Waals surface area contributed by atoms with Crippen LogP contribution in [0.25, 0.3) is 0 Å². The van der Waals surface area contributed by atoms with Gasteiger partial charge in [0.2, 0.25) is 0 Å². The molecule has 1 aromatic carbocycles. The van der Waals surface area contributed by atoms with Gasteiger partial charge in [-0.25, -0.2) is 9.18 Å². The lowest BCUT2D eigenvalue weighted by Crippen LogP contribution is -2.14. The van der Waals surface area contributed by atoms with Gasteiger partial charge in [0.05, 0.1) is 5.69 Å². The van der Waals surface area contributed by atoms with Crippen LogP contribution >= 0.6 is 0 Å². The fraction of sp³-hybridized carbons (Fsp3) is 0.143. The first kappa shape index (κ1) is 13.8. The van der Waals surface area contributed by atoms with E-state index in [2.05, 4.69) is 10.3 Å². The monoisotopic (exact) mass is 276 g/mol. The Morgan fingerprint density at radius 3 is 2.60 bits per heavy atom. The minimum absolute atomic E-state index is 0.00839. The summed E-state index contributed by atoms with van der Waals surface area (Å²) in [6.45, 7) is 3.18. The number of anilines is 1. The van der Waals surface area contributed by atoms with Crippen molar-refractivity contribution < 1.29 is 19.1 Å². The first-order valence-electron chi connectivity index (χ1n) is 5.89. The number of aromatic amines is 1. The number of benzene rings is 1. The lowest BCUT2D eigenvalue weighted by Gasteiger charge is -2.06. The zero-order valence-electron chi connectivity index (χ0n) is 11.0. The van der Waals surface area contributed by atoms with Crippen LogP contribution in [0.1, 0.15) is 32.0 Å². The van der Waals surface area contributed by atoms with Crippen molar-refractivity contribution in [3.8, 4) is 0 Å². The fourth-order valence-electron chi connectivity index (χ4n) is 1.83. The lowest BCUT2D eigenvalue weighted by atomic mass is 10.1. The molecule has 2 rings (SSSR count). The Bertz CT molecular complexity index is 692. The van der Waals surface area contributed by atoms with E-state index >= 15 is 0 Å². The summed E-state index contributed by atoms with van der Waals surface area (Å²) in [7, 11) is 0. The minimum Gasteiger partial charge on any atom is -0.478 e. The van der Waals surface area contributed by atoms with E-state index in [4.69, 9.17) is 5.11 Å². The molecule has 0 aliphatic carbocycles. The highest BCUT2D eigenvalue weighted by Crippen LogP contribution is 2.20. The SMILES string of the molecule is Cc1ccc(C(=O)Nc2c[nH]c(C)c2C(=O)O)cc1F. The summed E-state index contributed by atoms with van der Waals surface area (Å²) in [5.74, 6) is -2.19. The number of H-pyrrole nitrogens is 1. The van der Waals surface area contributed by atoms with E-state index in [0.29, 0.717) is 11.3 Å². The zero-order valence-corrected chi connectivity index (χ0v) is 11.0. The molecule has 3 N–H and O–H groups in total. The number of amides is 1. The number of halogens is 1. The fourth-order valence-corrected chi connectivity index (χ4v) is 1.83. The molecule has 1 aromatic heterocycles. The highest BCUT2D eigenvalue weighted by atomic mass is 19.1. The number of hydrogen-bond acceptors (Lipinski definition) is 2. The molecule has 0 radical (unpaired) electrons. The molecular formula is C14H13FN2O3. The number of aromatic carboxylic acids is 1. The maximum absolute atomic E-state index is 13.4. The Hall–Kier alpha value is -2.63. The van der Waals surface area contributed by atoms with Crippen LogP contribution in [-0.4, -0.2) is 22.0 Å². The molecule has 1 amide bonds. The number of carboxylic acid groups (broad SMARTS) is 1. The summed E-state index contributed by atoms with van der Waals surface area (Å²) < 4.78 is 13.4. The van der Waals surface area contributed by atoms with E-state index in [1.54, 1.807) is 13.8 Å². The summed E-state index contributed by atoms with van der Waals surface area (Å²) in [5.41, 5.74) is 1.14. The average molecular weight is 276 g/mol. The van der Waals surface area contributed by atoms with Crippen LogP contribution in [0.4, 0.5) is 10.1 Å². The Morgan fingerprint density at radius 2 is 2.00 bits per heavy atom. The van der Waals surface area contributed by atoms with Crippen LogP contribution in [0.3, 0.4) is 0 Å². The Kier molecular flexibility index (Phi) is 3.56. The molecule has 2 aromatic rings. The molecule has 5 nitrogen and oxygen atoms in total. The maximum atomic E-state index is 13.4. The molecule has 0 saturated carbocycles. The molecule has 104 valence electrons. The van der Waals surface area contributed by atoms with Crippen molar-refractivity contribution in [1.29, 1.82) is 0 Å². The van der Waals surface area contributed by atoms with Gasteiger partial charge in [0.25, 0.3) is 5.91 Å². The third-order valence-corrected chi connectivity index (χ3v) is 2.97. The highest BCUT2D eigenvalue weighted by molar-refractivity contribution is 6.08. The Morgan fingerprint density at radius 1 is 1.30 bits per heavy atom. The standard InChI is InChI=1S/C14H13FN2O3/c1-7-3-4-9(5-10(7)15)13(18)17-11-6-16-8(2)12(11)14(19)20/h3-6,16H,1-2H3,(H,17,18)(H,19,20). The van der Waals surface area contributed by atoms with Gasteiger partial charge >= 0.3 is 5.97 Å². The predicted octanol–water partition coefficient (Wildman–Crippen LogP) is 2.72. The van der Waals surface area contributed by atoms with Gasteiger partial charge in [0.1, 0.15) is 11.4 Å². The van der Waals surface area contributed by atoms with Gasteiger partial charge in [-0.15, -0.1) is 0 Å². The van der Waals surface area contributed by atoms with Gasteiger partial charge in [0, 0.05) is 17.5 Å². The molecule has 0 spiro atoms. The van der Waals surface area contributed by atoms with Crippen molar-refractivity contribution in [2.24, 2.45) is 0 Å². The van der Waals surface area contributed by atoms with Gasteiger partial charge in [0.15, 0.2) is 0 Å². The number of carbonyl (C=O) groups is 2. The van der Waals surface area contributed by atoms with Crippen LogP contribution < -0.4 is 5.32 Å². The van der Waals surface area contributed by atoms with E-state index in [0.717, 1.165) is 6.07 Å². The molecule has 0 fully saturated rings. The van der Waals surface area contributed by atoms with E-state index < -0.39 is 17.7 Å². The number of carbonyl (C=O) groups excluding carboxylic acids is 1. The highest BCUT2D eigenvalue weighted by Gasteiger charge is 2.18. The number of hydrogen-bond donors (Lipinski definition) is 3. The average Bonchev–Trinajstić information content (AvgIpc) is 2.73. The zero-order chi connectivity index (χ0) is 14.9. The Labute approximate surface area is 114 Å². The van der Waals surface area contributed by atoms with Crippen LogP contribution in [0, 0.1) is 19.7 Å². The van der Waals surface area contributed by atoms with Crippen molar-refractivity contribution >= 4 is 17.6 Å². The molecule has 0 saturated heterocycles. The van der Waals surface area contributed by atoms with Gasteiger partial charge in [-0.2, -0.15) is 0 Å². The van der Waals surface area contributed by atoms with Crippen molar-refractivity contribution in [3.05, 3.63) is 52.6 Å². The van der Waals surface area contributed by atoms with Gasteiger partial charge in [-0.3, -0.25) is 4.79 Å². The predicted molar refractivity (Wildman–Crippen MR) is 71.6 cm³/mol. The second-order valence-electron chi connectivity index (χ2n) is 4.43. The smallest absolute Gasteiger partial charge is 0.339 e. The molecule has 20 heavy (non-hydrogen) atoms. The van der Waals surface area contributed by atoms with E-state index in [-0.39, 0.29) is 16.8 Å². The van der Waals surface area contributed by atoms with Gasteiger partial charge < -0.3 is 15.4 Å². The molecule has 0 aliphatic rings. The molecule has 0 aliphatic heterocycles. The molecule has 6 heteroatoms. The second kappa shape index (κ2) is 5.16. The molecular weight excluding hydrogens is 263 g/mol. The first-order valence-corrected chi connectivity index (χ1v) is 5.89. The van der Waals surface area contributed by atoms with E-state index in [1.165, 1.54) is 18.3 Å². The number of nitrogens with one attached hydrogen (secondary N) is 2. The van der Waals surface area contributed by atoms with E-state index in [1.807, 2.05) is 0 Å². The maximum Gasteiger partial charge on any atom is 0.339 e. The molecule has 1 heterocycles. The van der Waals surface area contributed by atoms with Gasteiger partial charge in [-0.05, 0) is 31.5 Å². The van der Waals surface area contributed by atoms with Crippen molar-refractivity contribution in [1.82, 2.24) is 4.98 Å². The van der Waals surface area contributed by atoms with E-state index in [9.17, 15) is 14.0 Å². The first-order chi connectivity index (χ1) is 9.40. The second-order valence-corrected chi connectivity index (χ2v) is 4.43. The quantitative estimate of drug-likeness (QED) is 0.806. The summed E-state index contributed by atoms with van der Waals surface area (Å²) >= 11 is 0. The summed E-state index contributed by atoms with van der Waals surface area (Å²) in [5, 5.41) is 11.5. The van der Waals surface area contributed by atoms with Gasteiger partial charge in [-0.1, -0.05) is 6.07 Å². The molecule has 0 atom stereocenters. The number of rotatable bonds is 3. The van der Waals surface area contributed by atoms with Crippen LogP contribution in [0.2, 0.25) is 0 Å². The number of carboxylic acids is 1. The molecule has 0 unspecified atom stereocenters. The van der Waals surface area contributed by atoms with Crippen molar-refractivity contribution in [2.45, 2.75) is 13.8 Å². The number of aromatic nitrogens is 1. The largest absolute Gasteiger partial charge is 0.478 e.